The number of ether oxygens (including phenoxy) is 2. The highest BCUT2D eigenvalue weighted by Gasteiger charge is 2.35. The minimum Gasteiger partial charge on any atom is -0.350 e. The van der Waals surface area contributed by atoms with E-state index >= 15 is 0 Å². The van der Waals surface area contributed by atoms with E-state index in [2.05, 4.69) is 4.40 Å². The molecule has 10 heteroatoms. The van der Waals surface area contributed by atoms with Crippen molar-refractivity contribution in [2.24, 2.45) is 10.3 Å². The highest BCUT2D eigenvalue weighted by atomic mass is 32.2. The number of amidine groups is 1. The number of fused-ring (bicyclic) bond motifs is 3. The van der Waals surface area contributed by atoms with E-state index in [0.717, 1.165) is 23.4 Å². The maximum absolute atomic E-state index is 13.0. The molecule has 1 aromatic carbocycles. The number of carbonyl (C=O) groups is 1. The van der Waals surface area contributed by atoms with Crippen LogP contribution in [-0.4, -0.2) is 69.3 Å². The number of rotatable bonds is 2. The lowest BCUT2D eigenvalue weighted by Crippen LogP contribution is -2.41. The maximum Gasteiger partial charge on any atom is 0.257 e. The minimum absolute atomic E-state index is 0.00883. The Morgan fingerprint density at radius 2 is 1.89 bits per heavy atom. The number of hydrogen-bond acceptors (Lipinski definition) is 7. The zero-order valence-electron chi connectivity index (χ0n) is 15.2. The summed E-state index contributed by atoms with van der Waals surface area (Å²) in [6.45, 7) is 3.08. The zero-order chi connectivity index (χ0) is 19.3. The predicted molar refractivity (Wildman–Crippen MR) is 105 cm³/mol. The Hall–Kier alpha value is -1.62. The van der Waals surface area contributed by atoms with Crippen molar-refractivity contribution in [2.75, 3.05) is 43.5 Å². The van der Waals surface area contributed by atoms with Crippen molar-refractivity contribution in [3.8, 4) is 0 Å². The van der Waals surface area contributed by atoms with Crippen LogP contribution < -0.4 is 4.90 Å². The molecule has 5 rings (SSSR count). The first kappa shape index (κ1) is 18.4. The Morgan fingerprint density at radius 1 is 1.14 bits per heavy atom. The van der Waals surface area contributed by atoms with Crippen molar-refractivity contribution in [1.29, 1.82) is 0 Å². The van der Waals surface area contributed by atoms with Crippen molar-refractivity contribution >= 4 is 38.5 Å². The fourth-order valence-corrected chi connectivity index (χ4v) is 6.37. The summed E-state index contributed by atoms with van der Waals surface area (Å²) >= 11 is 1.31. The number of hydrogen-bond donors (Lipinski definition) is 0. The van der Waals surface area contributed by atoms with Crippen molar-refractivity contribution in [3.05, 3.63) is 23.8 Å². The van der Waals surface area contributed by atoms with Crippen molar-refractivity contribution in [1.82, 2.24) is 4.90 Å². The first-order valence-corrected chi connectivity index (χ1v) is 11.9. The highest BCUT2D eigenvalue weighted by Crippen LogP contribution is 2.42. The van der Waals surface area contributed by atoms with Gasteiger partial charge in [0.25, 0.3) is 15.9 Å². The van der Waals surface area contributed by atoms with Gasteiger partial charge in [0, 0.05) is 36.0 Å². The molecule has 2 saturated heterocycles. The normalized spacial score (nSPS) is 24.8. The number of thioether (sulfide) groups is 1. The van der Waals surface area contributed by atoms with Gasteiger partial charge >= 0.3 is 0 Å². The Balaban J connectivity index is 1.29. The van der Waals surface area contributed by atoms with Crippen LogP contribution in [0.5, 0.6) is 0 Å². The van der Waals surface area contributed by atoms with Crippen molar-refractivity contribution in [2.45, 2.75) is 24.0 Å². The lowest BCUT2D eigenvalue weighted by atomic mass is 9.95. The summed E-state index contributed by atoms with van der Waals surface area (Å²) in [5.41, 5.74) is 1.55. The molecule has 1 amide bonds. The van der Waals surface area contributed by atoms with E-state index in [1.165, 1.54) is 11.8 Å². The maximum atomic E-state index is 13.0. The molecule has 0 unspecified atom stereocenters. The molecule has 0 spiro atoms. The Bertz CT molecular complexity index is 935. The predicted octanol–water partition coefficient (Wildman–Crippen LogP) is 1.52. The summed E-state index contributed by atoms with van der Waals surface area (Å²) in [6, 6.07) is 5.57. The summed E-state index contributed by atoms with van der Waals surface area (Å²) in [7, 11) is -3.38. The molecule has 150 valence electrons. The number of nitrogens with zero attached hydrogens (tertiary/aromatic N) is 3. The molecule has 8 nitrogen and oxygen atoms in total. The topological polar surface area (TPSA) is 88.5 Å². The second kappa shape index (κ2) is 7.01. The fraction of sp³-hybridized carbons (Fsp3) is 0.556. The third-order valence-electron chi connectivity index (χ3n) is 5.58. The molecule has 4 heterocycles. The van der Waals surface area contributed by atoms with Crippen LogP contribution in [0, 0.1) is 5.92 Å². The molecule has 0 saturated carbocycles. The number of likely N-dealkylation sites (tertiary alicyclic amines) is 1. The Labute approximate surface area is 167 Å². The standard InChI is InChI=1S/C18H21N3O5S2/c22-16(20-5-3-12(4-6-20)17-25-8-9-26-17)13-1-2-14-15(11-13)27-18-19-28(23,24)10-7-21(14)18/h1-2,11-12,17H,3-10H2. The van der Waals surface area contributed by atoms with Crippen molar-refractivity contribution < 1.29 is 22.7 Å². The number of sulfonamides is 1. The van der Waals surface area contributed by atoms with E-state index < -0.39 is 10.0 Å². The van der Waals surface area contributed by atoms with Gasteiger partial charge in [0.05, 0.1) is 24.7 Å². The molecule has 0 radical (unpaired) electrons. The molecule has 28 heavy (non-hydrogen) atoms. The van der Waals surface area contributed by atoms with Crippen molar-refractivity contribution in [3.63, 3.8) is 0 Å². The van der Waals surface area contributed by atoms with Gasteiger partial charge in [-0.05, 0) is 42.8 Å². The van der Waals surface area contributed by atoms with Crippen LogP contribution in [0.2, 0.25) is 0 Å². The smallest absolute Gasteiger partial charge is 0.257 e. The van der Waals surface area contributed by atoms with Crippen LogP contribution in [0.1, 0.15) is 23.2 Å². The van der Waals surface area contributed by atoms with Gasteiger partial charge in [-0.3, -0.25) is 4.79 Å². The number of carbonyl (C=O) groups excluding carboxylic acids is 1. The van der Waals surface area contributed by atoms with Crippen LogP contribution in [0.4, 0.5) is 5.69 Å². The van der Waals surface area contributed by atoms with E-state index in [1.54, 1.807) is 0 Å². The average Bonchev–Trinajstić information content (AvgIpc) is 3.33. The first-order valence-electron chi connectivity index (χ1n) is 9.45. The lowest BCUT2D eigenvalue weighted by molar-refractivity contribution is -0.0956. The molecule has 0 atom stereocenters. The monoisotopic (exact) mass is 423 g/mol. The van der Waals surface area contributed by atoms with Crippen LogP contribution in [-0.2, 0) is 19.5 Å². The largest absolute Gasteiger partial charge is 0.350 e. The summed E-state index contributed by atoms with van der Waals surface area (Å²) in [6.07, 6.45) is 1.62. The summed E-state index contributed by atoms with van der Waals surface area (Å²) < 4.78 is 38.5. The Kier molecular flexibility index (Phi) is 4.61. The number of piperidine rings is 1. The lowest BCUT2D eigenvalue weighted by Gasteiger charge is -2.34. The van der Waals surface area contributed by atoms with E-state index in [9.17, 15) is 13.2 Å². The molecule has 2 fully saturated rings. The van der Waals surface area contributed by atoms with E-state index in [-0.39, 0.29) is 18.0 Å². The van der Waals surface area contributed by atoms with E-state index in [4.69, 9.17) is 9.47 Å². The van der Waals surface area contributed by atoms with Gasteiger partial charge in [-0.15, -0.1) is 4.40 Å². The molecular weight excluding hydrogens is 402 g/mol. The van der Waals surface area contributed by atoms with Crippen LogP contribution in [0.25, 0.3) is 0 Å². The van der Waals surface area contributed by atoms with Gasteiger partial charge in [0.2, 0.25) is 0 Å². The molecule has 0 aromatic heterocycles. The van der Waals surface area contributed by atoms with Crippen LogP contribution >= 0.6 is 11.8 Å². The zero-order valence-corrected chi connectivity index (χ0v) is 16.9. The second-order valence-corrected chi connectivity index (χ2v) is 10.1. The summed E-state index contributed by atoms with van der Waals surface area (Å²) in [5.74, 6) is 0.369. The minimum atomic E-state index is -3.38. The number of amides is 1. The first-order chi connectivity index (χ1) is 13.5. The van der Waals surface area contributed by atoms with Gasteiger partial charge in [0.1, 0.15) is 0 Å². The highest BCUT2D eigenvalue weighted by molar-refractivity contribution is 8.15. The molecule has 0 aliphatic carbocycles. The molecule has 0 bridgehead atoms. The molecular formula is C18H21N3O5S2. The van der Waals surface area contributed by atoms with Gasteiger partial charge in [-0.25, -0.2) is 8.42 Å². The van der Waals surface area contributed by atoms with Gasteiger partial charge in [-0.2, -0.15) is 0 Å². The third kappa shape index (κ3) is 3.32. The average molecular weight is 424 g/mol. The molecule has 0 N–H and O–H groups in total. The van der Waals surface area contributed by atoms with Gasteiger partial charge in [0.15, 0.2) is 11.5 Å². The van der Waals surface area contributed by atoms with E-state index in [1.807, 2.05) is 28.0 Å². The third-order valence-corrected chi connectivity index (χ3v) is 7.89. The summed E-state index contributed by atoms with van der Waals surface area (Å²) in [4.78, 5) is 17.6. The number of anilines is 1. The second-order valence-electron chi connectivity index (χ2n) is 7.34. The molecule has 4 aliphatic rings. The molecule has 1 aromatic rings. The van der Waals surface area contributed by atoms with Gasteiger partial charge < -0.3 is 19.3 Å². The fourth-order valence-electron chi connectivity index (χ4n) is 4.07. The quantitative estimate of drug-likeness (QED) is 0.713. The van der Waals surface area contributed by atoms with Gasteiger partial charge in [-0.1, -0.05) is 0 Å². The Morgan fingerprint density at radius 3 is 2.64 bits per heavy atom. The van der Waals surface area contributed by atoms with Crippen LogP contribution in [0.3, 0.4) is 0 Å². The summed E-state index contributed by atoms with van der Waals surface area (Å²) in [5, 5.41) is 0.475. The SMILES string of the molecule is O=C(c1ccc2c(c1)SC1=NS(=O)(=O)CCN12)N1CCC(C2OCCO2)CC1. The number of benzene rings is 1. The molecule has 4 aliphatic heterocycles. The van der Waals surface area contributed by atoms with Crippen LogP contribution in [0.15, 0.2) is 27.5 Å². The van der Waals surface area contributed by atoms with E-state index in [0.29, 0.717) is 49.5 Å².